The van der Waals surface area contributed by atoms with Gasteiger partial charge >= 0.3 is 0 Å². The van der Waals surface area contributed by atoms with Gasteiger partial charge in [0.25, 0.3) is 0 Å². The quantitative estimate of drug-likeness (QED) is 0.503. The van der Waals surface area contributed by atoms with Crippen LogP contribution in [0, 0.1) is 5.82 Å². The molecular weight excluding hydrogens is 433 g/mol. The van der Waals surface area contributed by atoms with E-state index in [0.717, 1.165) is 54.7 Å². The summed E-state index contributed by atoms with van der Waals surface area (Å²) in [6.45, 7) is 3.27. The Morgan fingerprint density at radius 3 is 2.78 bits per heavy atom. The molecule has 2 aliphatic heterocycles. The number of hydrogen-bond acceptors (Lipinski definition) is 7. The molecule has 0 spiro atoms. The largest absolute Gasteiger partial charge is 0.486 e. The number of piperidine rings is 1. The maximum Gasteiger partial charge on any atom is 0.145 e. The third-order valence-corrected chi connectivity index (χ3v) is 6.09. The zero-order valence-corrected chi connectivity index (χ0v) is 18.3. The van der Waals surface area contributed by atoms with Crippen molar-refractivity contribution < 1.29 is 13.9 Å². The molecule has 32 heavy (non-hydrogen) atoms. The van der Waals surface area contributed by atoms with E-state index >= 15 is 0 Å². The van der Waals surface area contributed by atoms with Crippen molar-refractivity contribution >= 4 is 39.7 Å². The highest BCUT2D eigenvalue weighted by Gasteiger charge is 2.22. The SMILES string of the molecule is Fc1ccc(Nc2ncnc3cc(O[C@H]4CCOC4)c(NC4CCNCC4)cc23)cc1Cl. The van der Waals surface area contributed by atoms with Crippen LogP contribution < -0.4 is 20.7 Å². The molecule has 0 amide bonds. The maximum absolute atomic E-state index is 13.6. The monoisotopic (exact) mass is 457 g/mol. The molecule has 0 bridgehead atoms. The Morgan fingerprint density at radius 1 is 1.12 bits per heavy atom. The second-order valence-corrected chi connectivity index (χ2v) is 8.52. The van der Waals surface area contributed by atoms with Gasteiger partial charge in [0.15, 0.2) is 0 Å². The molecule has 0 radical (unpaired) electrons. The minimum Gasteiger partial charge on any atom is -0.486 e. The van der Waals surface area contributed by atoms with Gasteiger partial charge in [-0.25, -0.2) is 14.4 Å². The topological polar surface area (TPSA) is 80.3 Å². The van der Waals surface area contributed by atoms with Crippen LogP contribution in [0.15, 0.2) is 36.7 Å². The summed E-state index contributed by atoms with van der Waals surface area (Å²) in [5.74, 6) is 0.915. The fourth-order valence-corrected chi connectivity index (χ4v) is 4.26. The van der Waals surface area contributed by atoms with Gasteiger partial charge in [0.05, 0.1) is 29.4 Å². The number of aromatic nitrogens is 2. The molecule has 7 nitrogen and oxygen atoms in total. The summed E-state index contributed by atoms with van der Waals surface area (Å²) >= 11 is 5.94. The number of nitrogens with zero attached hydrogens (tertiary/aromatic N) is 2. The van der Waals surface area contributed by atoms with Gasteiger partial charge in [-0.15, -0.1) is 0 Å². The average Bonchev–Trinajstić information content (AvgIpc) is 3.31. The summed E-state index contributed by atoms with van der Waals surface area (Å²) in [4.78, 5) is 8.87. The first-order valence-electron chi connectivity index (χ1n) is 10.9. The molecule has 0 aliphatic carbocycles. The average molecular weight is 458 g/mol. The Hall–Kier alpha value is -2.68. The van der Waals surface area contributed by atoms with E-state index in [-0.39, 0.29) is 11.1 Å². The summed E-state index contributed by atoms with van der Waals surface area (Å²) in [5.41, 5.74) is 2.31. The van der Waals surface area contributed by atoms with Crippen LogP contribution in [0.25, 0.3) is 10.9 Å². The fourth-order valence-electron chi connectivity index (χ4n) is 4.08. The van der Waals surface area contributed by atoms with Crippen molar-refractivity contribution in [1.29, 1.82) is 0 Å². The second kappa shape index (κ2) is 9.44. The minimum absolute atomic E-state index is 0.0295. The summed E-state index contributed by atoms with van der Waals surface area (Å²) in [7, 11) is 0. The van der Waals surface area contributed by atoms with E-state index in [2.05, 4.69) is 25.9 Å². The third kappa shape index (κ3) is 4.72. The van der Waals surface area contributed by atoms with E-state index in [1.165, 1.54) is 18.5 Å². The van der Waals surface area contributed by atoms with Gasteiger partial charge in [0, 0.05) is 29.6 Å². The van der Waals surface area contributed by atoms with Crippen molar-refractivity contribution in [3.63, 3.8) is 0 Å². The molecule has 0 unspecified atom stereocenters. The molecule has 5 rings (SSSR count). The third-order valence-electron chi connectivity index (χ3n) is 5.80. The molecule has 3 aromatic rings. The molecule has 2 saturated heterocycles. The number of benzene rings is 2. The summed E-state index contributed by atoms with van der Waals surface area (Å²) in [6.07, 6.45) is 4.47. The second-order valence-electron chi connectivity index (χ2n) is 8.11. The lowest BCUT2D eigenvalue weighted by atomic mass is 10.1. The Balaban J connectivity index is 1.50. The molecule has 1 atom stereocenters. The van der Waals surface area contributed by atoms with Gasteiger partial charge in [0.2, 0.25) is 0 Å². The molecule has 2 fully saturated rings. The Bertz CT molecular complexity index is 1100. The number of fused-ring (bicyclic) bond motifs is 1. The maximum atomic E-state index is 13.6. The Labute approximate surface area is 190 Å². The van der Waals surface area contributed by atoms with E-state index < -0.39 is 5.82 Å². The summed E-state index contributed by atoms with van der Waals surface area (Å²) < 4.78 is 25.3. The summed E-state index contributed by atoms with van der Waals surface area (Å²) in [5, 5.41) is 11.2. The van der Waals surface area contributed by atoms with Crippen LogP contribution in [0.1, 0.15) is 19.3 Å². The zero-order chi connectivity index (χ0) is 21.9. The lowest BCUT2D eigenvalue weighted by molar-refractivity contribution is 0.142. The van der Waals surface area contributed by atoms with Crippen molar-refractivity contribution in [1.82, 2.24) is 15.3 Å². The number of ether oxygens (including phenoxy) is 2. The van der Waals surface area contributed by atoms with Crippen molar-refractivity contribution in [2.45, 2.75) is 31.4 Å². The predicted molar refractivity (Wildman–Crippen MR) is 124 cm³/mol. The predicted octanol–water partition coefficient (Wildman–Crippen LogP) is 4.50. The van der Waals surface area contributed by atoms with Gasteiger partial charge in [-0.1, -0.05) is 11.6 Å². The van der Waals surface area contributed by atoms with Crippen LogP contribution in [0.2, 0.25) is 5.02 Å². The Morgan fingerprint density at radius 2 is 2.00 bits per heavy atom. The first-order chi connectivity index (χ1) is 15.7. The minimum atomic E-state index is -0.462. The highest BCUT2D eigenvalue weighted by Crippen LogP contribution is 2.35. The first-order valence-corrected chi connectivity index (χ1v) is 11.3. The highest BCUT2D eigenvalue weighted by atomic mass is 35.5. The van der Waals surface area contributed by atoms with Gasteiger partial charge in [0.1, 0.15) is 29.8 Å². The first kappa shape index (κ1) is 21.2. The molecule has 3 heterocycles. The number of halogens is 2. The van der Waals surface area contributed by atoms with Crippen molar-refractivity contribution in [2.24, 2.45) is 0 Å². The highest BCUT2D eigenvalue weighted by molar-refractivity contribution is 6.31. The Kier molecular flexibility index (Phi) is 6.25. The lowest BCUT2D eigenvalue weighted by Gasteiger charge is -2.26. The van der Waals surface area contributed by atoms with Crippen LogP contribution in [0.5, 0.6) is 5.75 Å². The fraction of sp³-hybridized carbons (Fsp3) is 0.391. The van der Waals surface area contributed by atoms with Crippen LogP contribution in [-0.2, 0) is 4.74 Å². The molecule has 2 aliphatic rings. The standard InChI is InChI=1S/C23H25ClFN5O2/c24-18-9-15(1-2-19(18)25)30-23-17-10-21(29-14-3-6-26-7-4-14)22(11-20(17)27-13-28-23)32-16-5-8-31-12-16/h1-2,9-11,13-14,16,26,29H,3-8,12H2,(H,27,28,30)/t16-/m0/s1. The smallest absolute Gasteiger partial charge is 0.145 e. The van der Waals surface area contributed by atoms with Gasteiger partial charge in [-0.3, -0.25) is 0 Å². The zero-order valence-electron chi connectivity index (χ0n) is 17.5. The van der Waals surface area contributed by atoms with Crippen LogP contribution >= 0.6 is 11.6 Å². The van der Waals surface area contributed by atoms with Crippen molar-refractivity contribution in [3.8, 4) is 5.75 Å². The molecule has 9 heteroatoms. The van der Waals surface area contributed by atoms with Crippen LogP contribution in [-0.4, -0.2) is 48.4 Å². The number of anilines is 3. The number of rotatable bonds is 6. The molecule has 2 aromatic carbocycles. The van der Waals surface area contributed by atoms with Gasteiger partial charge in [-0.05, 0) is 50.2 Å². The number of hydrogen-bond donors (Lipinski definition) is 3. The molecular formula is C23H25ClFN5O2. The van der Waals surface area contributed by atoms with E-state index in [1.807, 2.05) is 12.1 Å². The van der Waals surface area contributed by atoms with E-state index in [1.54, 1.807) is 6.07 Å². The molecule has 3 N–H and O–H groups in total. The number of nitrogens with one attached hydrogen (secondary N) is 3. The van der Waals surface area contributed by atoms with Crippen molar-refractivity contribution in [3.05, 3.63) is 47.5 Å². The van der Waals surface area contributed by atoms with Crippen molar-refractivity contribution in [2.75, 3.05) is 36.9 Å². The lowest BCUT2D eigenvalue weighted by Crippen LogP contribution is -2.35. The van der Waals surface area contributed by atoms with Crippen LogP contribution in [0.3, 0.4) is 0 Å². The van der Waals surface area contributed by atoms with Gasteiger partial charge in [-0.2, -0.15) is 0 Å². The van der Waals surface area contributed by atoms with E-state index in [4.69, 9.17) is 21.1 Å². The molecule has 168 valence electrons. The van der Waals surface area contributed by atoms with E-state index in [0.29, 0.717) is 30.8 Å². The molecule has 0 saturated carbocycles. The van der Waals surface area contributed by atoms with E-state index in [9.17, 15) is 4.39 Å². The van der Waals surface area contributed by atoms with Crippen LogP contribution in [0.4, 0.5) is 21.6 Å². The van der Waals surface area contributed by atoms with Gasteiger partial charge < -0.3 is 25.4 Å². The normalized spacial score (nSPS) is 19.2. The summed E-state index contributed by atoms with van der Waals surface area (Å²) in [6, 6.07) is 8.82. The molecule has 1 aromatic heterocycles.